The fourth-order valence-corrected chi connectivity index (χ4v) is 12.2. The summed E-state index contributed by atoms with van der Waals surface area (Å²) >= 11 is 0. The van der Waals surface area contributed by atoms with Crippen LogP contribution in [0.25, 0.3) is 11.3 Å². The van der Waals surface area contributed by atoms with Crippen LogP contribution in [0.5, 0.6) is 0 Å². The summed E-state index contributed by atoms with van der Waals surface area (Å²) in [5, 5.41) is 63.6. The number of aliphatic hydroxyl groups excluding tert-OH is 3. The average Bonchev–Trinajstić information content (AvgIpc) is 3.78. The van der Waals surface area contributed by atoms with E-state index < -0.39 is 127 Å². The van der Waals surface area contributed by atoms with Crippen LogP contribution in [0.2, 0.25) is 0 Å². The molecular formula is C56H92FN7O13. The summed E-state index contributed by atoms with van der Waals surface area (Å²) in [6.07, 6.45) is -2.69. The van der Waals surface area contributed by atoms with Gasteiger partial charge in [0, 0.05) is 95.1 Å². The van der Waals surface area contributed by atoms with E-state index >= 15 is 4.39 Å². The molecule has 6 rings (SSSR count). The number of hydrogen-bond acceptors (Lipinski definition) is 20. The molecule has 0 radical (unpaired) electrons. The number of likely N-dealkylation sites (N-methyl/N-ethyl adjacent to an activating group) is 2. The molecule has 436 valence electrons. The molecule has 0 unspecified atom stereocenters. The lowest BCUT2D eigenvalue weighted by atomic mass is 9.77. The van der Waals surface area contributed by atoms with Gasteiger partial charge in [-0.1, -0.05) is 45.0 Å². The van der Waals surface area contributed by atoms with E-state index in [2.05, 4.69) is 15.4 Å². The van der Waals surface area contributed by atoms with Gasteiger partial charge in [0.25, 0.3) is 0 Å². The van der Waals surface area contributed by atoms with E-state index in [1.807, 2.05) is 82.2 Å². The molecule has 4 aliphatic heterocycles. The molecule has 77 heavy (non-hydrogen) atoms. The van der Waals surface area contributed by atoms with E-state index in [-0.39, 0.29) is 25.2 Å². The van der Waals surface area contributed by atoms with Crippen molar-refractivity contribution in [1.29, 1.82) is 0 Å². The Morgan fingerprint density at radius 2 is 1.65 bits per heavy atom. The van der Waals surface area contributed by atoms with Crippen LogP contribution in [-0.4, -0.2) is 213 Å². The average molecular weight is 1090 g/mol. The first-order chi connectivity index (χ1) is 36.2. The highest BCUT2D eigenvalue weighted by Gasteiger charge is 2.53. The van der Waals surface area contributed by atoms with E-state index in [9.17, 15) is 30.3 Å². The summed E-state index contributed by atoms with van der Waals surface area (Å²) in [5.41, 5.74) is 1.99. The molecule has 0 spiro atoms. The Morgan fingerprint density at radius 3 is 2.26 bits per heavy atom. The van der Waals surface area contributed by atoms with Gasteiger partial charge >= 0.3 is 5.97 Å². The van der Waals surface area contributed by atoms with Gasteiger partial charge in [-0.05, 0) is 93.3 Å². The number of carbonyl (C=O) groups is 1. The predicted octanol–water partition coefficient (Wildman–Crippen LogP) is 4.35. The minimum absolute atomic E-state index is 0.0864. The van der Waals surface area contributed by atoms with Gasteiger partial charge in [0.05, 0.1) is 53.4 Å². The van der Waals surface area contributed by atoms with Crippen LogP contribution in [0, 0.1) is 17.8 Å². The molecule has 3 saturated heterocycles. The number of methoxy groups -OCH3 is 2. The smallest absolute Gasteiger partial charge is 0.311 e. The molecule has 2 aromatic rings. The summed E-state index contributed by atoms with van der Waals surface area (Å²) in [6.45, 7) is 17.7. The van der Waals surface area contributed by atoms with Gasteiger partial charge in [0.2, 0.25) is 0 Å². The number of cyclic esters (lactones) is 1. The van der Waals surface area contributed by atoms with Crippen LogP contribution in [0.15, 0.2) is 54.8 Å². The monoisotopic (exact) mass is 1090 g/mol. The zero-order valence-corrected chi connectivity index (χ0v) is 48.2. The zero-order valence-electron chi connectivity index (χ0n) is 48.2. The second-order valence-corrected chi connectivity index (χ2v) is 23.2. The van der Waals surface area contributed by atoms with Gasteiger partial charge < -0.3 is 73.9 Å². The molecule has 1 aromatic carbocycles. The minimum atomic E-state index is -1.85. The molecule has 20 nitrogen and oxygen atoms in total. The van der Waals surface area contributed by atoms with Crippen molar-refractivity contribution in [3.8, 4) is 11.3 Å². The molecule has 21 heteroatoms. The fourth-order valence-electron chi connectivity index (χ4n) is 12.2. The van der Waals surface area contributed by atoms with Crippen molar-refractivity contribution in [2.75, 3.05) is 55.1 Å². The lowest BCUT2D eigenvalue weighted by Gasteiger charge is -2.49. The third-order valence-corrected chi connectivity index (χ3v) is 17.0. The highest BCUT2D eigenvalue weighted by molar-refractivity contribution is 5.73. The van der Waals surface area contributed by atoms with Gasteiger partial charge in [0.1, 0.15) is 48.8 Å². The number of alkyl halides is 1. The second kappa shape index (κ2) is 26.4. The Morgan fingerprint density at radius 1 is 0.961 bits per heavy atom. The number of aliphatic hydroxyl groups is 5. The Kier molecular flexibility index (Phi) is 21.5. The Bertz CT molecular complexity index is 2200. The highest BCUT2D eigenvalue weighted by atomic mass is 19.1. The van der Waals surface area contributed by atoms with Crippen LogP contribution in [0.4, 0.5) is 4.39 Å². The maximum absolute atomic E-state index is 15.1. The topological polar surface area (TPSA) is 234 Å². The van der Waals surface area contributed by atoms with E-state index in [1.165, 1.54) is 14.0 Å². The number of halogens is 1. The molecule has 3 fully saturated rings. The molecule has 4 aliphatic rings. The van der Waals surface area contributed by atoms with Crippen molar-refractivity contribution in [1.82, 2.24) is 35.3 Å². The summed E-state index contributed by atoms with van der Waals surface area (Å²) in [6, 6.07) is 5.89. The number of nitrogens with one attached hydrogen (secondary N) is 1. The molecule has 0 saturated carbocycles. The third-order valence-electron chi connectivity index (χ3n) is 17.0. The van der Waals surface area contributed by atoms with E-state index in [0.29, 0.717) is 25.9 Å². The number of aromatic nitrogens is 2. The lowest BCUT2D eigenvalue weighted by Crippen LogP contribution is -2.61. The first kappa shape index (κ1) is 62.7. The first-order valence-electron chi connectivity index (χ1n) is 27.4. The SMILES string of the molecule is CC[C@H]1OC(=O)[C@H](C)[C@@H](O[C@H]2C[C@@](C)(OC)[C@@H](O)[C@H](C)O2)[C@H](C)[C@@H](O[C@@H]2O[C@H](C)C[C@H](N(C)CCC3=CN([C@H](CF)[C@H](OC)c4ccc(-c5cnccn5)cc4)N(C)N3)[C@H]2O)[C@](C)(O)C[C@@H](C)CN(C)[C@H](C)[C@@H](O)[C@]1(C)O. The van der Waals surface area contributed by atoms with Crippen molar-refractivity contribution < 1.29 is 67.9 Å². The maximum atomic E-state index is 15.1. The van der Waals surface area contributed by atoms with E-state index in [1.54, 1.807) is 77.4 Å². The van der Waals surface area contributed by atoms with Crippen molar-refractivity contribution in [2.24, 2.45) is 17.8 Å². The van der Waals surface area contributed by atoms with Crippen molar-refractivity contribution >= 4 is 5.97 Å². The number of hydrogen-bond donors (Lipinski definition) is 6. The van der Waals surface area contributed by atoms with Crippen molar-refractivity contribution in [3.05, 3.63) is 60.3 Å². The van der Waals surface area contributed by atoms with Gasteiger partial charge in [0.15, 0.2) is 12.6 Å². The summed E-state index contributed by atoms with van der Waals surface area (Å²) in [4.78, 5) is 27.1. The number of hydrazine groups is 2. The number of rotatable bonds is 16. The predicted molar refractivity (Wildman–Crippen MR) is 286 cm³/mol. The number of benzene rings is 1. The van der Waals surface area contributed by atoms with Crippen LogP contribution >= 0.6 is 0 Å². The molecule has 6 N–H and O–H groups in total. The summed E-state index contributed by atoms with van der Waals surface area (Å²) < 4.78 is 59.5. The molecule has 1 aromatic heterocycles. The quantitative estimate of drug-likeness (QED) is 0.128. The molecule has 20 atom stereocenters. The second-order valence-electron chi connectivity index (χ2n) is 23.2. The number of nitrogens with zero attached hydrogens (tertiary/aromatic N) is 6. The van der Waals surface area contributed by atoms with Crippen molar-refractivity contribution in [2.45, 2.75) is 204 Å². The van der Waals surface area contributed by atoms with E-state index in [4.69, 9.17) is 33.2 Å². The normalized spacial score (nSPS) is 39.3. The molecular weight excluding hydrogens is 998 g/mol. The minimum Gasteiger partial charge on any atom is -0.459 e. The molecule has 0 bridgehead atoms. The Labute approximate surface area is 456 Å². The Balaban J connectivity index is 1.25. The third kappa shape index (κ3) is 14.3. The van der Waals surface area contributed by atoms with Gasteiger partial charge in [-0.3, -0.25) is 19.8 Å². The van der Waals surface area contributed by atoms with E-state index in [0.717, 1.165) is 22.5 Å². The maximum Gasteiger partial charge on any atom is 0.311 e. The summed E-state index contributed by atoms with van der Waals surface area (Å²) in [7, 11) is 8.63. The van der Waals surface area contributed by atoms with Crippen molar-refractivity contribution in [3.63, 3.8) is 0 Å². The molecule has 0 aliphatic carbocycles. The summed E-state index contributed by atoms with van der Waals surface area (Å²) in [5.74, 6) is -2.86. The largest absolute Gasteiger partial charge is 0.459 e. The number of ether oxygens (including phenoxy) is 7. The standard InChI is InChI=1S/C56H92FN7O13/c1-16-44-56(10,70)49(66)36(6)62(12)30-32(2)26-54(8,69)51(34(4)47(35(5)52(68)75-44)76-45-27-55(9,72-15)50(67)37(7)74-45)77-53-46(65)42(25-33(3)73-53)61(11)24-21-40-31-64(63(13)60-40)43(28-57)48(71-14)39-19-17-38(18-20-39)41-29-58-22-23-59-41/h17-20,22-23,29,31-37,42-51,53,60,65-67,69-70H,16,21,24-28,30H2,1-15H3/t32-,33-,34+,35-,36-,37+,42+,43-,44-,45+,46-,47+,48-,49-,50+,51-,53+,54-,55-,56-/m1/s1. The van der Waals surface area contributed by atoms with Gasteiger partial charge in [-0.25, -0.2) is 4.39 Å². The zero-order chi connectivity index (χ0) is 56.9. The van der Waals surface area contributed by atoms with Gasteiger partial charge in [-0.2, -0.15) is 0 Å². The van der Waals surface area contributed by atoms with Crippen LogP contribution in [-0.2, 0) is 38.0 Å². The number of carbonyl (C=O) groups excluding carboxylic acids is 1. The molecule has 0 amide bonds. The molecule has 5 heterocycles. The number of esters is 1. The van der Waals surface area contributed by atoms with Crippen LogP contribution in [0.3, 0.4) is 0 Å². The fraction of sp³-hybridized carbons (Fsp3) is 0.768. The van der Waals surface area contributed by atoms with Gasteiger partial charge in [-0.15, -0.1) is 5.12 Å². The lowest BCUT2D eigenvalue weighted by molar-refractivity contribution is -0.318. The Hall–Kier alpha value is -3.52. The highest BCUT2D eigenvalue weighted by Crippen LogP contribution is 2.41. The first-order valence-corrected chi connectivity index (χ1v) is 27.4. The van der Waals surface area contributed by atoms with Crippen LogP contribution in [0.1, 0.15) is 113 Å². The van der Waals surface area contributed by atoms with Crippen LogP contribution < -0.4 is 5.43 Å².